The Hall–Kier alpha value is -4.03. The molecule has 0 spiro atoms. The van der Waals surface area contributed by atoms with E-state index in [1.54, 1.807) is 50.6 Å². The highest BCUT2D eigenvalue weighted by atomic mass is 35.5. The highest BCUT2D eigenvalue weighted by Gasteiger charge is 2.42. The van der Waals surface area contributed by atoms with Gasteiger partial charge in [-0.05, 0) is 53.5 Å². The fourth-order valence-electron chi connectivity index (χ4n) is 4.24. The van der Waals surface area contributed by atoms with Crippen LogP contribution in [-0.2, 0) is 16.0 Å². The van der Waals surface area contributed by atoms with Gasteiger partial charge in [-0.1, -0.05) is 66.2 Å². The summed E-state index contributed by atoms with van der Waals surface area (Å²) in [7, 11) is 3.13. The maximum atomic E-state index is 13.3. The van der Waals surface area contributed by atoms with E-state index in [2.05, 4.69) is 0 Å². The molecule has 4 rings (SSSR count). The molecule has 1 N–H and O–H groups in total. The second-order valence-corrected chi connectivity index (χ2v) is 8.70. The van der Waals surface area contributed by atoms with Gasteiger partial charge in [0, 0.05) is 11.6 Å². The second kappa shape index (κ2) is 11.1. The fourth-order valence-corrected chi connectivity index (χ4v) is 4.37. The zero-order chi connectivity index (χ0) is 25.7. The Balaban J connectivity index is 1.64. The van der Waals surface area contributed by atoms with Gasteiger partial charge in [-0.2, -0.15) is 0 Å². The van der Waals surface area contributed by atoms with Crippen LogP contribution in [0.5, 0.6) is 11.5 Å². The summed E-state index contributed by atoms with van der Waals surface area (Å²) in [5, 5.41) is 11.3. The lowest BCUT2D eigenvalue weighted by atomic mass is 9.95. The summed E-state index contributed by atoms with van der Waals surface area (Å²) < 4.78 is 10.7. The molecular weight excluding hydrogens is 478 g/mol. The Bertz CT molecular complexity index is 1320. The van der Waals surface area contributed by atoms with E-state index in [-0.39, 0.29) is 12.1 Å². The van der Waals surface area contributed by atoms with Gasteiger partial charge in [0.1, 0.15) is 0 Å². The van der Waals surface area contributed by atoms with Crippen LogP contribution < -0.4 is 9.47 Å². The molecule has 36 heavy (non-hydrogen) atoms. The SMILES string of the molecule is COc1ccc(CCN2C(=O)C(O)=C(C(=O)/C=C/c3ccccc3)[C@@H]2c2ccc(Cl)cc2)cc1OC. The largest absolute Gasteiger partial charge is 0.503 e. The summed E-state index contributed by atoms with van der Waals surface area (Å²) in [4.78, 5) is 27.9. The monoisotopic (exact) mass is 503 g/mol. The third kappa shape index (κ3) is 5.29. The molecule has 0 aliphatic carbocycles. The molecule has 1 amide bonds. The Morgan fingerprint density at radius 2 is 1.69 bits per heavy atom. The van der Waals surface area contributed by atoms with Gasteiger partial charge >= 0.3 is 0 Å². The number of nitrogens with zero attached hydrogens (tertiary/aromatic N) is 1. The summed E-state index contributed by atoms with van der Waals surface area (Å²) >= 11 is 6.08. The number of benzene rings is 3. The minimum absolute atomic E-state index is 0.0433. The van der Waals surface area contributed by atoms with Gasteiger partial charge in [0.05, 0.1) is 25.8 Å². The number of hydrogen-bond acceptors (Lipinski definition) is 5. The van der Waals surface area contributed by atoms with Crippen LogP contribution in [0.1, 0.15) is 22.7 Å². The molecule has 1 heterocycles. The molecule has 3 aromatic carbocycles. The van der Waals surface area contributed by atoms with Crippen molar-refractivity contribution in [1.82, 2.24) is 4.90 Å². The number of amides is 1. The van der Waals surface area contributed by atoms with Gasteiger partial charge in [0.25, 0.3) is 5.91 Å². The summed E-state index contributed by atoms with van der Waals surface area (Å²) in [6.45, 7) is 0.269. The van der Waals surface area contributed by atoms with Crippen molar-refractivity contribution in [3.05, 3.63) is 112 Å². The van der Waals surface area contributed by atoms with E-state index in [4.69, 9.17) is 21.1 Å². The minimum atomic E-state index is -0.747. The number of methoxy groups -OCH3 is 2. The highest BCUT2D eigenvalue weighted by Crippen LogP contribution is 2.38. The van der Waals surface area contributed by atoms with Crippen molar-refractivity contribution in [3.8, 4) is 11.5 Å². The number of aliphatic hydroxyl groups excluding tert-OH is 1. The molecule has 1 aliphatic rings. The second-order valence-electron chi connectivity index (χ2n) is 8.26. The molecule has 0 fully saturated rings. The van der Waals surface area contributed by atoms with E-state index in [9.17, 15) is 14.7 Å². The van der Waals surface area contributed by atoms with Crippen molar-refractivity contribution in [3.63, 3.8) is 0 Å². The molecule has 1 aliphatic heterocycles. The average Bonchev–Trinajstić information content (AvgIpc) is 3.16. The van der Waals surface area contributed by atoms with Gasteiger partial charge in [0.15, 0.2) is 23.0 Å². The maximum absolute atomic E-state index is 13.3. The van der Waals surface area contributed by atoms with E-state index < -0.39 is 23.5 Å². The standard InChI is InChI=1S/C29H26ClNO5/c1-35-24-15-9-20(18-25(24)36-2)16-17-31-27(21-10-12-22(30)13-11-21)26(28(33)29(31)34)23(32)14-8-19-6-4-3-5-7-19/h3-15,18,27,33H,16-17H2,1-2H3/b14-8+/t27-/m0/s1. The number of ether oxygens (including phenoxy) is 2. The van der Waals surface area contributed by atoms with Crippen molar-refractivity contribution in [2.75, 3.05) is 20.8 Å². The van der Waals surface area contributed by atoms with Gasteiger partial charge < -0.3 is 19.5 Å². The minimum Gasteiger partial charge on any atom is -0.503 e. The Morgan fingerprint density at radius 1 is 1.00 bits per heavy atom. The van der Waals surface area contributed by atoms with Crippen molar-refractivity contribution < 1.29 is 24.2 Å². The number of rotatable bonds is 9. The molecule has 0 saturated carbocycles. The smallest absolute Gasteiger partial charge is 0.290 e. The Labute approximate surface area is 215 Å². The first kappa shape index (κ1) is 25.1. The van der Waals surface area contributed by atoms with Crippen molar-refractivity contribution in [2.24, 2.45) is 0 Å². The van der Waals surface area contributed by atoms with Gasteiger partial charge in [-0.25, -0.2) is 0 Å². The van der Waals surface area contributed by atoms with E-state index in [1.165, 1.54) is 11.0 Å². The molecule has 0 radical (unpaired) electrons. The molecule has 3 aromatic rings. The number of aliphatic hydroxyl groups is 1. The maximum Gasteiger partial charge on any atom is 0.290 e. The topological polar surface area (TPSA) is 76.1 Å². The van der Waals surface area contributed by atoms with Crippen molar-refractivity contribution in [1.29, 1.82) is 0 Å². The summed E-state index contributed by atoms with van der Waals surface area (Å²) in [6.07, 6.45) is 3.53. The first-order valence-electron chi connectivity index (χ1n) is 11.4. The van der Waals surface area contributed by atoms with E-state index in [1.807, 2.05) is 42.5 Å². The first-order valence-corrected chi connectivity index (χ1v) is 11.8. The number of hydrogen-bond donors (Lipinski definition) is 1. The Morgan fingerprint density at radius 3 is 2.36 bits per heavy atom. The van der Waals surface area contributed by atoms with Crippen LogP contribution in [0.25, 0.3) is 6.08 Å². The molecule has 7 heteroatoms. The van der Waals surface area contributed by atoms with Crippen LogP contribution in [0.2, 0.25) is 5.02 Å². The van der Waals surface area contributed by atoms with E-state index in [0.717, 1.165) is 11.1 Å². The lowest BCUT2D eigenvalue weighted by Gasteiger charge is -2.27. The zero-order valence-electron chi connectivity index (χ0n) is 20.0. The van der Waals surface area contributed by atoms with Crippen LogP contribution in [0.3, 0.4) is 0 Å². The van der Waals surface area contributed by atoms with E-state index >= 15 is 0 Å². The lowest BCUT2D eigenvalue weighted by molar-refractivity contribution is -0.129. The third-order valence-corrected chi connectivity index (χ3v) is 6.32. The fraction of sp³-hybridized carbons (Fsp3) is 0.172. The molecular formula is C29H26ClNO5. The van der Waals surface area contributed by atoms with E-state index in [0.29, 0.717) is 28.5 Å². The number of allylic oxidation sites excluding steroid dienone is 1. The van der Waals surface area contributed by atoms with Gasteiger partial charge in [-0.3, -0.25) is 9.59 Å². The average molecular weight is 504 g/mol. The molecule has 6 nitrogen and oxygen atoms in total. The van der Waals surface area contributed by atoms with Crippen molar-refractivity contribution >= 4 is 29.4 Å². The van der Waals surface area contributed by atoms with Crippen LogP contribution in [0.4, 0.5) is 0 Å². The van der Waals surface area contributed by atoms with Crippen LogP contribution in [0.15, 0.2) is 90.2 Å². The first-order chi connectivity index (χ1) is 17.4. The summed E-state index contributed by atoms with van der Waals surface area (Å²) in [6, 6.07) is 21.1. The normalized spacial score (nSPS) is 15.6. The summed E-state index contributed by atoms with van der Waals surface area (Å²) in [5.74, 6) is -0.370. The predicted octanol–water partition coefficient (Wildman–Crippen LogP) is 5.58. The Kier molecular flexibility index (Phi) is 7.76. The third-order valence-electron chi connectivity index (χ3n) is 6.07. The molecule has 184 valence electrons. The molecule has 0 saturated heterocycles. The highest BCUT2D eigenvalue weighted by molar-refractivity contribution is 6.30. The van der Waals surface area contributed by atoms with Crippen LogP contribution >= 0.6 is 11.6 Å². The quantitative estimate of drug-likeness (QED) is 0.386. The van der Waals surface area contributed by atoms with Gasteiger partial charge in [0.2, 0.25) is 0 Å². The van der Waals surface area contributed by atoms with Crippen molar-refractivity contribution in [2.45, 2.75) is 12.5 Å². The number of carbonyl (C=O) groups excluding carboxylic acids is 2. The lowest BCUT2D eigenvalue weighted by Crippen LogP contribution is -2.33. The molecule has 0 aromatic heterocycles. The molecule has 1 atom stereocenters. The zero-order valence-corrected chi connectivity index (χ0v) is 20.7. The van der Waals surface area contributed by atoms with Crippen LogP contribution in [-0.4, -0.2) is 42.5 Å². The molecule has 0 bridgehead atoms. The molecule has 0 unspecified atom stereocenters. The number of halogens is 1. The number of ketones is 1. The van der Waals surface area contributed by atoms with Crippen LogP contribution in [0, 0.1) is 0 Å². The predicted molar refractivity (Wildman–Crippen MR) is 139 cm³/mol. The van der Waals surface area contributed by atoms with Gasteiger partial charge in [-0.15, -0.1) is 0 Å². The summed E-state index contributed by atoms with van der Waals surface area (Å²) in [5.41, 5.74) is 2.48. The number of carbonyl (C=O) groups is 2.